The van der Waals surface area contributed by atoms with Gasteiger partial charge in [-0.15, -0.1) is 0 Å². The van der Waals surface area contributed by atoms with Crippen molar-refractivity contribution in [2.75, 3.05) is 5.32 Å². The Bertz CT molecular complexity index is 962. The van der Waals surface area contributed by atoms with Crippen LogP contribution in [0.5, 0.6) is 0 Å². The molecule has 0 saturated heterocycles. The van der Waals surface area contributed by atoms with Gasteiger partial charge >= 0.3 is 0 Å². The van der Waals surface area contributed by atoms with Gasteiger partial charge in [-0.3, -0.25) is 4.98 Å². The Morgan fingerprint density at radius 1 is 0.808 bits per heavy atom. The van der Waals surface area contributed by atoms with Crippen molar-refractivity contribution in [2.45, 2.75) is 13.1 Å². The lowest BCUT2D eigenvalue weighted by Gasteiger charge is -2.11. The molecular formula is C22H20N4. The van der Waals surface area contributed by atoms with E-state index in [1.165, 1.54) is 5.56 Å². The number of aromatic nitrogens is 3. The van der Waals surface area contributed by atoms with E-state index in [0.717, 1.165) is 35.6 Å². The third kappa shape index (κ3) is 3.81. The summed E-state index contributed by atoms with van der Waals surface area (Å²) in [6.45, 7) is 1.55. The SMILES string of the molecule is c1ccc(Cn2cncc2CNc2cccc(-c3cccnc3)c2)cc1. The number of pyridine rings is 1. The van der Waals surface area contributed by atoms with E-state index < -0.39 is 0 Å². The normalized spacial score (nSPS) is 10.6. The van der Waals surface area contributed by atoms with Crippen molar-refractivity contribution in [1.29, 1.82) is 0 Å². The van der Waals surface area contributed by atoms with Crippen LogP contribution in [0, 0.1) is 0 Å². The Kier molecular flexibility index (Phi) is 4.74. The van der Waals surface area contributed by atoms with Gasteiger partial charge in [0.2, 0.25) is 0 Å². The fourth-order valence-corrected chi connectivity index (χ4v) is 2.95. The number of hydrogen-bond acceptors (Lipinski definition) is 3. The van der Waals surface area contributed by atoms with Crippen LogP contribution in [0.1, 0.15) is 11.3 Å². The minimum absolute atomic E-state index is 0.726. The highest BCUT2D eigenvalue weighted by Crippen LogP contribution is 2.22. The van der Waals surface area contributed by atoms with Crippen LogP contribution in [0.15, 0.2) is 91.6 Å². The number of nitrogens with one attached hydrogen (secondary N) is 1. The van der Waals surface area contributed by atoms with Crippen LogP contribution >= 0.6 is 0 Å². The maximum atomic E-state index is 4.31. The van der Waals surface area contributed by atoms with Crippen LogP contribution in [0.4, 0.5) is 5.69 Å². The first kappa shape index (κ1) is 16.1. The Morgan fingerprint density at radius 2 is 1.69 bits per heavy atom. The Labute approximate surface area is 153 Å². The fraction of sp³-hybridized carbons (Fsp3) is 0.0909. The zero-order valence-corrected chi connectivity index (χ0v) is 14.4. The minimum Gasteiger partial charge on any atom is -0.379 e. The van der Waals surface area contributed by atoms with Gasteiger partial charge in [0.15, 0.2) is 0 Å². The highest BCUT2D eigenvalue weighted by Gasteiger charge is 2.04. The van der Waals surface area contributed by atoms with Gasteiger partial charge in [-0.1, -0.05) is 48.5 Å². The van der Waals surface area contributed by atoms with Gasteiger partial charge in [0.25, 0.3) is 0 Å². The first-order valence-electron chi connectivity index (χ1n) is 8.66. The van der Waals surface area contributed by atoms with Crippen LogP contribution in [-0.4, -0.2) is 14.5 Å². The van der Waals surface area contributed by atoms with Crippen LogP contribution in [0.2, 0.25) is 0 Å². The molecule has 0 spiro atoms. The Morgan fingerprint density at radius 3 is 2.54 bits per heavy atom. The molecule has 0 unspecified atom stereocenters. The number of anilines is 1. The summed E-state index contributed by atoms with van der Waals surface area (Å²) < 4.78 is 2.17. The average molecular weight is 340 g/mol. The molecule has 26 heavy (non-hydrogen) atoms. The second kappa shape index (κ2) is 7.66. The van der Waals surface area contributed by atoms with Crippen molar-refractivity contribution < 1.29 is 0 Å². The molecule has 4 nitrogen and oxygen atoms in total. The summed E-state index contributed by atoms with van der Waals surface area (Å²) in [5.74, 6) is 0. The first-order valence-corrected chi connectivity index (χ1v) is 8.66. The molecule has 4 rings (SSSR count). The van der Waals surface area contributed by atoms with Gasteiger partial charge in [-0.05, 0) is 29.3 Å². The molecule has 0 saturated carbocycles. The van der Waals surface area contributed by atoms with Gasteiger partial charge in [-0.25, -0.2) is 4.98 Å². The number of hydrogen-bond donors (Lipinski definition) is 1. The number of benzene rings is 2. The van der Waals surface area contributed by atoms with Crippen molar-refractivity contribution in [3.63, 3.8) is 0 Å². The van der Waals surface area contributed by atoms with E-state index in [1.54, 1.807) is 6.20 Å². The topological polar surface area (TPSA) is 42.7 Å². The predicted molar refractivity (Wildman–Crippen MR) is 105 cm³/mol. The van der Waals surface area contributed by atoms with E-state index in [0.29, 0.717) is 0 Å². The standard InChI is InChI=1S/C22H20N4/c1-2-6-18(7-3-1)16-26-17-24-14-22(26)15-25-21-10-4-8-19(12-21)20-9-5-11-23-13-20/h1-14,17,25H,15-16H2. The lowest BCUT2D eigenvalue weighted by atomic mass is 10.1. The molecule has 0 radical (unpaired) electrons. The van der Waals surface area contributed by atoms with Crippen molar-refractivity contribution in [2.24, 2.45) is 0 Å². The molecule has 0 amide bonds. The molecular weight excluding hydrogens is 320 g/mol. The van der Waals surface area contributed by atoms with Gasteiger partial charge in [0.1, 0.15) is 0 Å². The van der Waals surface area contributed by atoms with E-state index in [-0.39, 0.29) is 0 Å². The van der Waals surface area contributed by atoms with Crippen molar-refractivity contribution >= 4 is 5.69 Å². The van der Waals surface area contributed by atoms with Crippen LogP contribution < -0.4 is 5.32 Å². The Balaban J connectivity index is 1.46. The second-order valence-electron chi connectivity index (χ2n) is 6.17. The summed E-state index contributed by atoms with van der Waals surface area (Å²) in [6.07, 6.45) is 7.48. The molecule has 0 fully saturated rings. The molecule has 1 N–H and O–H groups in total. The van der Waals surface area contributed by atoms with Gasteiger partial charge in [0, 0.05) is 36.4 Å². The van der Waals surface area contributed by atoms with Crippen molar-refractivity contribution in [3.05, 3.63) is 103 Å². The monoisotopic (exact) mass is 340 g/mol. The fourth-order valence-electron chi connectivity index (χ4n) is 2.95. The predicted octanol–water partition coefficient (Wildman–Crippen LogP) is 4.61. The summed E-state index contributed by atoms with van der Waals surface area (Å²) in [5, 5.41) is 3.50. The Hall–Kier alpha value is -3.40. The van der Waals surface area contributed by atoms with Crippen molar-refractivity contribution in [1.82, 2.24) is 14.5 Å². The lowest BCUT2D eigenvalue weighted by Crippen LogP contribution is -2.08. The van der Waals surface area contributed by atoms with E-state index >= 15 is 0 Å². The highest BCUT2D eigenvalue weighted by molar-refractivity contribution is 5.67. The van der Waals surface area contributed by atoms with Gasteiger partial charge < -0.3 is 9.88 Å². The second-order valence-corrected chi connectivity index (χ2v) is 6.17. The first-order chi connectivity index (χ1) is 12.9. The minimum atomic E-state index is 0.726. The third-order valence-electron chi connectivity index (χ3n) is 4.33. The summed E-state index contributed by atoms with van der Waals surface area (Å²) in [6, 6.07) is 22.8. The largest absolute Gasteiger partial charge is 0.379 e. The summed E-state index contributed by atoms with van der Waals surface area (Å²) in [7, 11) is 0. The van der Waals surface area contributed by atoms with E-state index in [1.807, 2.05) is 30.9 Å². The molecule has 2 heterocycles. The zero-order chi connectivity index (χ0) is 17.6. The van der Waals surface area contributed by atoms with Gasteiger partial charge in [0.05, 0.1) is 18.6 Å². The molecule has 2 aromatic carbocycles. The molecule has 0 bridgehead atoms. The quantitative estimate of drug-likeness (QED) is 0.557. The maximum absolute atomic E-state index is 4.31. The van der Waals surface area contributed by atoms with E-state index in [4.69, 9.17) is 0 Å². The van der Waals surface area contributed by atoms with E-state index in [2.05, 4.69) is 74.4 Å². The molecule has 4 heteroatoms. The third-order valence-corrected chi connectivity index (χ3v) is 4.33. The summed E-state index contributed by atoms with van der Waals surface area (Å²) in [5.41, 5.74) is 5.77. The van der Waals surface area contributed by atoms with E-state index in [9.17, 15) is 0 Å². The average Bonchev–Trinajstić information content (AvgIpc) is 3.15. The molecule has 4 aromatic rings. The highest BCUT2D eigenvalue weighted by atomic mass is 15.1. The molecule has 0 aliphatic carbocycles. The molecule has 128 valence electrons. The lowest BCUT2D eigenvalue weighted by molar-refractivity contribution is 0.749. The summed E-state index contributed by atoms with van der Waals surface area (Å²) >= 11 is 0. The zero-order valence-electron chi connectivity index (χ0n) is 14.4. The maximum Gasteiger partial charge on any atom is 0.0951 e. The molecule has 0 atom stereocenters. The smallest absolute Gasteiger partial charge is 0.0951 e. The van der Waals surface area contributed by atoms with Crippen LogP contribution in [-0.2, 0) is 13.1 Å². The molecule has 0 aliphatic heterocycles. The molecule has 2 aromatic heterocycles. The van der Waals surface area contributed by atoms with Gasteiger partial charge in [-0.2, -0.15) is 0 Å². The van der Waals surface area contributed by atoms with Crippen LogP contribution in [0.3, 0.4) is 0 Å². The molecule has 0 aliphatic rings. The van der Waals surface area contributed by atoms with Crippen LogP contribution in [0.25, 0.3) is 11.1 Å². The van der Waals surface area contributed by atoms with Crippen molar-refractivity contribution in [3.8, 4) is 11.1 Å². The summed E-state index contributed by atoms with van der Waals surface area (Å²) in [4.78, 5) is 8.51. The number of imidazole rings is 1. The number of nitrogens with zero attached hydrogens (tertiary/aromatic N) is 3. The number of rotatable bonds is 6.